The predicted octanol–water partition coefficient (Wildman–Crippen LogP) is 15.5. The molecule has 0 saturated heterocycles. The molecule has 2 heteroatoms. The lowest BCUT2D eigenvalue weighted by atomic mass is 9.67. The molecule has 0 amide bonds. The largest absolute Gasteiger partial charge is 0.134 e. The van der Waals surface area contributed by atoms with Gasteiger partial charge in [0.05, 0.1) is 10.8 Å². The van der Waals surface area contributed by atoms with Crippen LogP contribution in [-0.4, -0.2) is 0 Å². The average molecular weight is 799 g/mol. The van der Waals surface area contributed by atoms with Crippen LogP contribution in [0.3, 0.4) is 0 Å². The van der Waals surface area contributed by atoms with Crippen molar-refractivity contribution in [2.45, 2.75) is 10.8 Å². The number of rotatable bonds is 7. The molecule has 282 valence electrons. The highest BCUT2D eigenvalue weighted by Gasteiger charge is 2.47. The van der Waals surface area contributed by atoms with Gasteiger partial charge in [0.25, 0.3) is 0 Å². The maximum atomic E-state index is 2.47. The highest BCUT2D eigenvalue weighted by Crippen LogP contribution is 2.58. The highest BCUT2D eigenvalue weighted by molar-refractivity contribution is 7.25. The fourth-order valence-electron chi connectivity index (χ4n) is 10.4. The summed E-state index contributed by atoms with van der Waals surface area (Å²) in [5.41, 5.74) is 17.4. The topological polar surface area (TPSA) is 0 Å². The van der Waals surface area contributed by atoms with Crippen LogP contribution in [0.5, 0.6) is 0 Å². The van der Waals surface area contributed by atoms with Gasteiger partial charge in [-0.25, -0.2) is 0 Å². The Balaban J connectivity index is 0.945. The normalized spacial score (nSPS) is 13.9. The van der Waals surface area contributed by atoms with Crippen molar-refractivity contribution in [2.75, 3.05) is 0 Å². The second-order valence-electron chi connectivity index (χ2n) is 15.9. The third-order valence-corrected chi connectivity index (χ3v) is 15.4. The van der Waals surface area contributed by atoms with E-state index in [1.54, 1.807) is 0 Å². The van der Waals surface area contributed by atoms with Crippen molar-refractivity contribution >= 4 is 22.7 Å². The quantitative estimate of drug-likeness (QED) is 0.151. The molecular weight excluding hydrogens is 761 g/mol. The summed E-state index contributed by atoms with van der Waals surface area (Å²) in [4.78, 5) is 5.14. The molecule has 0 nitrogen and oxygen atoms in total. The molecule has 0 N–H and O–H groups in total. The van der Waals surface area contributed by atoms with Crippen LogP contribution < -0.4 is 0 Å². The molecule has 10 aromatic rings. The molecule has 8 aromatic carbocycles. The number of benzene rings is 8. The zero-order chi connectivity index (χ0) is 39.7. The Labute approximate surface area is 359 Å². The number of hydrogen-bond donors (Lipinski definition) is 0. The minimum absolute atomic E-state index is 0.414. The van der Waals surface area contributed by atoms with E-state index < -0.39 is 10.8 Å². The van der Waals surface area contributed by atoms with Crippen LogP contribution in [0.4, 0.5) is 0 Å². The van der Waals surface area contributed by atoms with E-state index in [1.165, 1.54) is 97.4 Å². The Bertz CT molecular complexity index is 2890. The first-order chi connectivity index (χ1) is 29.7. The fourth-order valence-corrected chi connectivity index (χ4v) is 12.5. The summed E-state index contributed by atoms with van der Waals surface area (Å²) < 4.78 is 0. The first-order valence-electron chi connectivity index (χ1n) is 20.7. The van der Waals surface area contributed by atoms with E-state index in [0.29, 0.717) is 0 Å². The van der Waals surface area contributed by atoms with Crippen LogP contribution in [0.15, 0.2) is 231 Å². The van der Waals surface area contributed by atoms with Gasteiger partial charge in [-0.1, -0.05) is 194 Å². The molecule has 12 rings (SSSR count). The Morgan fingerprint density at radius 1 is 0.233 bits per heavy atom. The van der Waals surface area contributed by atoms with Crippen molar-refractivity contribution in [2.24, 2.45) is 0 Å². The summed E-state index contributed by atoms with van der Waals surface area (Å²) in [6, 6.07) is 85.8. The van der Waals surface area contributed by atoms with Crippen LogP contribution in [0.1, 0.15) is 44.5 Å². The molecule has 60 heavy (non-hydrogen) atoms. The molecule has 2 aliphatic rings. The summed E-state index contributed by atoms with van der Waals surface area (Å²) in [7, 11) is 0. The second-order valence-corrected chi connectivity index (χ2v) is 18.1. The van der Waals surface area contributed by atoms with Gasteiger partial charge in [-0.3, -0.25) is 0 Å². The van der Waals surface area contributed by atoms with Crippen LogP contribution in [0.2, 0.25) is 0 Å². The average Bonchev–Trinajstić information content (AvgIpc) is 4.13. The first-order valence-corrected chi connectivity index (χ1v) is 22.3. The third-order valence-electron chi connectivity index (χ3n) is 12.9. The number of fused-ring (bicyclic) bond motifs is 6. The van der Waals surface area contributed by atoms with E-state index >= 15 is 0 Å². The van der Waals surface area contributed by atoms with Gasteiger partial charge in [-0.15, -0.1) is 22.7 Å². The summed E-state index contributed by atoms with van der Waals surface area (Å²) in [6.45, 7) is 0. The molecule has 2 aliphatic carbocycles. The Kier molecular flexibility index (Phi) is 8.13. The lowest BCUT2D eigenvalue weighted by Crippen LogP contribution is -2.28. The van der Waals surface area contributed by atoms with Crippen molar-refractivity contribution in [3.05, 3.63) is 275 Å². The van der Waals surface area contributed by atoms with Crippen molar-refractivity contribution in [3.63, 3.8) is 0 Å². The van der Waals surface area contributed by atoms with Gasteiger partial charge < -0.3 is 0 Å². The Morgan fingerprint density at radius 3 is 0.900 bits per heavy atom. The molecule has 0 radical (unpaired) electrons. The van der Waals surface area contributed by atoms with Crippen molar-refractivity contribution < 1.29 is 0 Å². The van der Waals surface area contributed by atoms with Crippen molar-refractivity contribution in [1.29, 1.82) is 0 Å². The third kappa shape index (κ3) is 5.08. The first kappa shape index (κ1) is 35.1. The van der Waals surface area contributed by atoms with Crippen LogP contribution >= 0.6 is 22.7 Å². The van der Waals surface area contributed by atoms with E-state index in [-0.39, 0.29) is 0 Å². The smallest absolute Gasteiger partial charge is 0.0713 e. The van der Waals surface area contributed by atoms with E-state index in [0.717, 1.165) is 0 Å². The van der Waals surface area contributed by atoms with E-state index in [9.17, 15) is 0 Å². The van der Waals surface area contributed by atoms with Gasteiger partial charge >= 0.3 is 0 Å². The van der Waals surface area contributed by atoms with Crippen LogP contribution in [-0.2, 0) is 10.8 Å². The molecule has 0 fully saturated rings. The Morgan fingerprint density at radius 2 is 0.533 bits per heavy atom. The second kappa shape index (κ2) is 13.9. The van der Waals surface area contributed by atoms with Crippen molar-refractivity contribution in [3.8, 4) is 52.9 Å². The number of hydrogen-bond acceptors (Lipinski definition) is 2. The summed E-state index contributed by atoms with van der Waals surface area (Å²) in [5, 5.41) is 0. The lowest BCUT2D eigenvalue weighted by Gasteiger charge is -2.34. The summed E-state index contributed by atoms with van der Waals surface area (Å²) >= 11 is 3.77. The van der Waals surface area contributed by atoms with Gasteiger partial charge in [0, 0.05) is 19.5 Å². The predicted molar refractivity (Wildman–Crippen MR) is 253 cm³/mol. The molecule has 2 heterocycles. The Hall–Kier alpha value is -6.84. The standard InChI is InChI=1S/C58H38S2/c1-5-17-41(18-6-1)57(42-19-7-2-8-20-42)49-27-15-13-25-45(49)47-31-29-39(37-51(47)57)53-33-35-55(59-53)56-36-34-54(60-56)40-30-32-48-46-26-14-16-28-50(46)58(52(48)38-40,43-21-9-3-10-22-43)44-23-11-4-12-24-44/h1-38H. The fraction of sp³-hybridized carbons (Fsp3) is 0.0345. The maximum absolute atomic E-state index is 2.47. The van der Waals surface area contributed by atoms with Gasteiger partial charge in [0.15, 0.2) is 0 Å². The van der Waals surface area contributed by atoms with Gasteiger partial charge in [-0.2, -0.15) is 0 Å². The van der Waals surface area contributed by atoms with Crippen LogP contribution in [0, 0.1) is 0 Å². The van der Waals surface area contributed by atoms with Crippen LogP contribution in [0.25, 0.3) is 52.9 Å². The highest BCUT2D eigenvalue weighted by atomic mass is 32.1. The summed E-state index contributed by atoms with van der Waals surface area (Å²) in [5.74, 6) is 0. The molecule has 0 spiro atoms. The molecule has 0 bridgehead atoms. The molecular formula is C58H38S2. The molecule has 2 aromatic heterocycles. The molecule has 0 aliphatic heterocycles. The molecule has 0 unspecified atom stereocenters. The van der Waals surface area contributed by atoms with Gasteiger partial charge in [0.1, 0.15) is 0 Å². The van der Waals surface area contributed by atoms with Crippen molar-refractivity contribution in [1.82, 2.24) is 0 Å². The SMILES string of the molecule is c1ccc(C2(c3ccccc3)c3ccccc3-c3ccc(-c4ccc(-c5ccc(-c6ccc7c(c6)C(c6ccccc6)(c6ccccc6)c6ccccc6-7)s5)s4)cc32)cc1. The zero-order valence-electron chi connectivity index (χ0n) is 32.8. The maximum Gasteiger partial charge on any atom is 0.0713 e. The molecule has 0 saturated carbocycles. The van der Waals surface area contributed by atoms with E-state index in [2.05, 4.69) is 231 Å². The van der Waals surface area contributed by atoms with Gasteiger partial charge in [0.2, 0.25) is 0 Å². The zero-order valence-corrected chi connectivity index (χ0v) is 34.4. The van der Waals surface area contributed by atoms with E-state index in [1.807, 2.05) is 22.7 Å². The minimum atomic E-state index is -0.414. The summed E-state index contributed by atoms with van der Waals surface area (Å²) in [6.07, 6.45) is 0. The lowest BCUT2D eigenvalue weighted by molar-refractivity contribution is 0.769. The monoisotopic (exact) mass is 798 g/mol. The molecule has 0 atom stereocenters. The van der Waals surface area contributed by atoms with Gasteiger partial charge in [-0.05, 0) is 114 Å². The van der Waals surface area contributed by atoms with E-state index in [4.69, 9.17) is 0 Å². The number of thiophene rings is 2. The minimum Gasteiger partial charge on any atom is -0.134 e.